The van der Waals surface area contributed by atoms with E-state index in [1.54, 1.807) is 0 Å². The van der Waals surface area contributed by atoms with Crippen LogP contribution in [0, 0.1) is 0 Å². The van der Waals surface area contributed by atoms with Crippen molar-refractivity contribution in [2.24, 2.45) is 0 Å². The Bertz CT molecular complexity index is 758. The van der Waals surface area contributed by atoms with E-state index in [1.165, 1.54) is 21.8 Å². The molecule has 19 heavy (non-hydrogen) atoms. The smallest absolute Gasteiger partial charge is 0.166 e. The molecule has 0 bridgehead atoms. The van der Waals surface area contributed by atoms with Crippen LogP contribution in [0.25, 0.3) is 21.8 Å². The highest BCUT2D eigenvalue weighted by Gasteiger charge is 2.43. The van der Waals surface area contributed by atoms with Gasteiger partial charge in [-0.15, -0.1) is 0 Å². The Morgan fingerprint density at radius 3 is 1.89 bits per heavy atom. The quantitative estimate of drug-likeness (QED) is 0.541. The van der Waals surface area contributed by atoms with Crippen LogP contribution >= 0.6 is 31.9 Å². The van der Waals surface area contributed by atoms with Crippen molar-refractivity contribution in [1.29, 1.82) is 0 Å². The van der Waals surface area contributed by atoms with E-state index < -0.39 is 0 Å². The number of hydrogen-bond acceptors (Lipinski definition) is 1. The number of rotatable bonds is 1. The molecule has 0 saturated carbocycles. The van der Waals surface area contributed by atoms with Gasteiger partial charge in [0.1, 0.15) is 0 Å². The Balaban J connectivity index is 2.24. The molecular weight excluding hydrogens is 370 g/mol. The maximum atomic E-state index is 5.66. The molecule has 1 aliphatic heterocycles. The lowest BCUT2D eigenvalue weighted by Crippen LogP contribution is -2.13. The zero-order valence-corrected chi connectivity index (χ0v) is 13.5. The molecule has 0 radical (unpaired) electrons. The highest BCUT2D eigenvalue weighted by Crippen LogP contribution is 2.42. The van der Waals surface area contributed by atoms with Crippen LogP contribution in [0.4, 0.5) is 0 Å². The molecule has 0 spiro atoms. The van der Waals surface area contributed by atoms with E-state index in [4.69, 9.17) is 4.74 Å². The fraction of sp³-hybridized carbons (Fsp3) is 0.200. The summed E-state index contributed by atoms with van der Waals surface area (Å²) in [4.78, 5) is 0. The van der Waals surface area contributed by atoms with Crippen LogP contribution in [-0.4, -0.2) is 11.2 Å². The van der Waals surface area contributed by atoms with Gasteiger partial charge in [0, 0.05) is 19.7 Å². The molecule has 4 heteroatoms. The maximum absolute atomic E-state index is 5.66. The van der Waals surface area contributed by atoms with Crippen LogP contribution in [0.2, 0.25) is 0 Å². The van der Waals surface area contributed by atoms with Gasteiger partial charge in [0.15, 0.2) is 5.72 Å². The van der Waals surface area contributed by atoms with Crippen molar-refractivity contribution in [3.63, 3.8) is 0 Å². The van der Waals surface area contributed by atoms with Gasteiger partial charge in [-0.05, 0) is 43.3 Å². The highest BCUT2D eigenvalue weighted by molar-refractivity contribution is 9.10. The first-order valence-corrected chi connectivity index (χ1v) is 7.71. The Morgan fingerprint density at radius 1 is 1.00 bits per heavy atom. The Hall–Kier alpha value is -0.840. The standard InChI is InChI=1S/C15H11Br2NO/c1-15(8-19-15)18-13-4-2-9(16)6-11(13)12-7-10(17)3-5-14(12)18/h2-7H,8H2,1H3. The number of ether oxygens (including phenoxy) is 1. The van der Waals surface area contributed by atoms with Gasteiger partial charge in [-0.3, -0.25) is 0 Å². The first-order valence-electron chi connectivity index (χ1n) is 6.12. The Morgan fingerprint density at radius 2 is 1.47 bits per heavy atom. The van der Waals surface area contributed by atoms with Crippen molar-refractivity contribution < 1.29 is 4.74 Å². The summed E-state index contributed by atoms with van der Waals surface area (Å²) < 4.78 is 10.2. The molecule has 1 atom stereocenters. The second-order valence-corrected chi connectivity index (χ2v) is 6.95. The fourth-order valence-corrected chi connectivity index (χ4v) is 3.43. The van der Waals surface area contributed by atoms with Crippen LogP contribution in [-0.2, 0) is 10.5 Å². The molecule has 96 valence electrons. The summed E-state index contributed by atoms with van der Waals surface area (Å²) in [6.45, 7) is 2.91. The van der Waals surface area contributed by atoms with Gasteiger partial charge in [-0.2, -0.15) is 0 Å². The van der Waals surface area contributed by atoms with Gasteiger partial charge < -0.3 is 9.30 Å². The molecule has 2 heterocycles. The van der Waals surface area contributed by atoms with Gasteiger partial charge in [-0.25, -0.2) is 0 Å². The Kier molecular flexibility index (Phi) is 2.41. The maximum Gasteiger partial charge on any atom is 0.166 e. The largest absolute Gasteiger partial charge is 0.348 e. The van der Waals surface area contributed by atoms with Crippen molar-refractivity contribution in [2.75, 3.05) is 6.61 Å². The summed E-state index contributed by atoms with van der Waals surface area (Å²) in [6.07, 6.45) is 0. The number of fused-ring (bicyclic) bond motifs is 3. The molecule has 1 unspecified atom stereocenters. The lowest BCUT2D eigenvalue weighted by molar-refractivity contribution is 0.258. The van der Waals surface area contributed by atoms with Crippen LogP contribution in [0.15, 0.2) is 45.3 Å². The summed E-state index contributed by atoms with van der Waals surface area (Å²) in [5, 5.41) is 2.50. The summed E-state index contributed by atoms with van der Waals surface area (Å²) in [7, 11) is 0. The first kappa shape index (κ1) is 11.9. The summed E-state index contributed by atoms with van der Waals surface area (Å²) in [5.41, 5.74) is 2.24. The molecule has 0 aliphatic carbocycles. The summed E-state index contributed by atoms with van der Waals surface area (Å²) in [5.74, 6) is 0. The number of nitrogens with zero attached hydrogens (tertiary/aromatic N) is 1. The highest BCUT2D eigenvalue weighted by atomic mass is 79.9. The van der Waals surface area contributed by atoms with E-state index in [0.717, 1.165) is 15.6 Å². The zero-order chi connectivity index (χ0) is 13.2. The number of epoxide rings is 1. The molecule has 2 aromatic carbocycles. The van der Waals surface area contributed by atoms with E-state index in [2.05, 4.69) is 79.7 Å². The molecule has 1 aliphatic rings. The molecule has 4 rings (SSSR count). The minimum atomic E-state index is -0.193. The predicted molar refractivity (Wildman–Crippen MR) is 84.4 cm³/mol. The lowest BCUT2D eigenvalue weighted by Gasteiger charge is -2.11. The lowest BCUT2D eigenvalue weighted by atomic mass is 10.2. The van der Waals surface area contributed by atoms with E-state index in [-0.39, 0.29) is 5.72 Å². The van der Waals surface area contributed by atoms with E-state index in [0.29, 0.717) is 0 Å². The predicted octanol–water partition coefficient (Wildman–Crippen LogP) is 5.02. The van der Waals surface area contributed by atoms with Crippen molar-refractivity contribution in [1.82, 2.24) is 4.57 Å². The number of halogens is 2. The average molecular weight is 381 g/mol. The average Bonchev–Trinajstić information content (AvgIpc) is 3.03. The van der Waals surface area contributed by atoms with Crippen molar-refractivity contribution in [2.45, 2.75) is 12.6 Å². The van der Waals surface area contributed by atoms with E-state index in [9.17, 15) is 0 Å². The monoisotopic (exact) mass is 379 g/mol. The molecule has 2 nitrogen and oxygen atoms in total. The van der Waals surface area contributed by atoms with Gasteiger partial charge in [0.25, 0.3) is 0 Å². The van der Waals surface area contributed by atoms with Crippen molar-refractivity contribution in [3.05, 3.63) is 45.3 Å². The van der Waals surface area contributed by atoms with Gasteiger partial charge >= 0.3 is 0 Å². The first-order chi connectivity index (χ1) is 9.08. The molecular formula is C15H11Br2NO. The number of benzene rings is 2. The van der Waals surface area contributed by atoms with E-state index >= 15 is 0 Å². The third-order valence-electron chi connectivity index (χ3n) is 3.72. The normalized spacial score (nSPS) is 22.3. The van der Waals surface area contributed by atoms with Crippen LogP contribution in [0.5, 0.6) is 0 Å². The SMILES string of the molecule is CC1(n2c3ccc(Br)cc3c3cc(Br)ccc32)CO1. The number of hydrogen-bond donors (Lipinski definition) is 0. The van der Waals surface area contributed by atoms with Crippen molar-refractivity contribution >= 4 is 53.7 Å². The molecule has 0 amide bonds. The second-order valence-electron chi connectivity index (χ2n) is 5.12. The van der Waals surface area contributed by atoms with Crippen LogP contribution < -0.4 is 0 Å². The second kappa shape index (κ2) is 3.84. The fourth-order valence-electron chi connectivity index (χ4n) is 2.71. The van der Waals surface area contributed by atoms with Gasteiger partial charge in [0.05, 0.1) is 17.6 Å². The molecule has 3 aromatic rings. The summed E-state index contributed by atoms with van der Waals surface area (Å²) in [6, 6.07) is 12.8. The third-order valence-corrected chi connectivity index (χ3v) is 4.71. The summed E-state index contributed by atoms with van der Waals surface area (Å²) >= 11 is 7.12. The topological polar surface area (TPSA) is 17.5 Å². The number of aromatic nitrogens is 1. The molecule has 1 aromatic heterocycles. The van der Waals surface area contributed by atoms with Crippen LogP contribution in [0.1, 0.15) is 6.92 Å². The van der Waals surface area contributed by atoms with E-state index in [1.807, 2.05) is 0 Å². The zero-order valence-electron chi connectivity index (χ0n) is 10.3. The van der Waals surface area contributed by atoms with Gasteiger partial charge in [0.2, 0.25) is 0 Å². The van der Waals surface area contributed by atoms with Crippen molar-refractivity contribution in [3.8, 4) is 0 Å². The molecule has 1 fully saturated rings. The van der Waals surface area contributed by atoms with Gasteiger partial charge in [-0.1, -0.05) is 31.9 Å². The molecule has 1 saturated heterocycles. The minimum absolute atomic E-state index is 0.193. The minimum Gasteiger partial charge on any atom is -0.348 e. The third kappa shape index (κ3) is 1.70. The van der Waals surface area contributed by atoms with Crippen LogP contribution in [0.3, 0.4) is 0 Å². The Labute approximate surface area is 127 Å². The molecule has 0 N–H and O–H groups in total.